The van der Waals surface area contributed by atoms with Gasteiger partial charge in [-0.3, -0.25) is 14.1 Å². The summed E-state index contributed by atoms with van der Waals surface area (Å²) in [6, 6.07) is 0. The number of thiocarbonyl (C=S) groups is 1. The summed E-state index contributed by atoms with van der Waals surface area (Å²) in [6.45, 7) is 7.13. The fourth-order valence-corrected chi connectivity index (χ4v) is 3.36. The molecule has 0 bridgehead atoms. The molecule has 0 aliphatic carbocycles. The van der Waals surface area contributed by atoms with E-state index in [0.29, 0.717) is 18.3 Å². The summed E-state index contributed by atoms with van der Waals surface area (Å²) in [5.41, 5.74) is 0. The van der Waals surface area contributed by atoms with Gasteiger partial charge in [-0.25, -0.2) is 4.57 Å². The SMILES string of the molecule is CCCCCCCCNC(=S)NP(=O)(OCC)OCC. The van der Waals surface area contributed by atoms with Gasteiger partial charge in [-0.15, -0.1) is 0 Å². The van der Waals surface area contributed by atoms with Crippen LogP contribution in [0, 0.1) is 0 Å². The molecule has 0 spiro atoms. The van der Waals surface area contributed by atoms with Crippen LogP contribution in [0.2, 0.25) is 0 Å². The average molecular weight is 324 g/mol. The minimum atomic E-state index is -3.30. The van der Waals surface area contributed by atoms with Crippen molar-refractivity contribution in [3.8, 4) is 0 Å². The van der Waals surface area contributed by atoms with E-state index in [9.17, 15) is 4.57 Å². The van der Waals surface area contributed by atoms with Gasteiger partial charge < -0.3 is 5.32 Å². The second-order valence-corrected chi connectivity index (χ2v) is 6.61. The zero-order valence-corrected chi connectivity index (χ0v) is 14.7. The molecular formula is C13H29N2O3PS. The van der Waals surface area contributed by atoms with Crippen LogP contribution in [0.15, 0.2) is 0 Å². The van der Waals surface area contributed by atoms with Gasteiger partial charge in [0.15, 0.2) is 5.11 Å². The van der Waals surface area contributed by atoms with Crippen molar-refractivity contribution in [2.75, 3.05) is 19.8 Å². The van der Waals surface area contributed by atoms with E-state index in [-0.39, 0.29) is 0 Å². The Hall–Kier alpha value is -0.160. The minimum Gasteiger partial charge on any atom is -0.362 e. The number of rotatable bonds is 12. The van der Waals surface area contributed by atoms with Gasteiger partial charge in [-0.2, -0.15) is 0 Å². The highest BCUT2D eigenvalue weighted by Gasteiger charge is 2.24. The molecular weight excluding hydrogens is 295 g/mol. The maximum absolute atomic E-state index is 12.1. The first-order valence-electron chi connectivity index (χ1n) is 7.53. The standard InChI is InChI=1S/C13H29N2O3PS/c1-4-7-8-9-10-11-12-14-13(20)15-19(16,17-5-2)18-6-3/h4-12H2,1-3H3,(H2,14,15,16,20). The van der Waals surface area contributed by atoms with Crippen molar-refractivity contribution < 1.29 is 13.6 Å². The first-order chi connectivity index (χ1) is 9.58. The van der Waals surface area contributed by atoms with Crippen LogP contribution in [0.3, 0.4) is 0 Å². The van der Waals surface area contributed by atoms with Crippen molar-refractivity contribution in [1.82, 2.24) is 10.4 Å². The van der Waals surface area contributed by atoms with Crippen LogP contribution in [-0.2, 0) is 13.6 Å². The zero-order valence-electron chi connectivity index (χ0n) is 12.9. The number of hydrogen-bond acceptors (Lipinski definition) is 4. The molecule has 0 aliphatic rings. The van der Waals surface area contributed by atoms with E-state index >= 15 is 0 Å². The topological polar surface area (TPSA) is 59.6 Å². The lowest BCUT2D eigenvalue weighted by molar-refractivity contribution is 0.216. The van der Waals surface area contributed by atoms with Crippen LogP contribution < -0.4 is 10.4 Å². The van der Waals surface area contributed by atoms with E-state index in [1.54, 1.807) is 13.8 Å². The first kappa shape index (κ1) is 19.8. The third-order valence-corrected chi connectivity index (χ3v) is 4.74. The van der Waals surface area contributed by atoms with Gasteiger partial charge in [0.2, 0.25) is 0 Å². The number of nitrogens with one attached hydrogen (secondary N) is 2. The average Bonchev–Trinajstić information content (AvgIpc) is 2.38. The van der Waals surface area contributed by atoms with Crippen LogP contribution in [0.1, 0.15) is 59.3 Å². The molecule has 0 rings (SSSR count). The maximum Gasteiger partial charge on any atom is 0.434 e. The Labute approximate surface area is 128 Å². The lowest BCUT2D eigenvalue weighted by atomic mass is 10.1. The molecule has 0 fully saturated rings. The molecule has 0 unspecified atom stereocenters. The van der Waals surface area contributed by atoms with Crippen molar-refractivity contribution in [2.24, 2.45) is 0 Å². The van der Waals surface area contributed by atoms with E-state index < -0.39 is 7.75 Å². The van der Waals surface area contributed by atoms with Crippen LogP contribution in [0.5, 0.6) is 0 Å². The summed E-state index contributed by atoms with van der Waals surface area (Å²) in [6.07, 6.45) is 7.36. The van der Waals surface area contributed by atoms with E-state index in [1.807, 2.05) is 0 Å². The van der Waals surface area contributed by atoms with Gasteiger partial charge in [0.1, 0.15) is 0 Å². The number of hydrogen-bond donors (Lipinski definition) is 2. The molecule has 0 heterocycles. The molecule has 0 aromatic carbocycles. The first-order valence-corrected chi connectivity index (χ1v) is 9.48. The second kappa shape index (κ2) is 12.6. The van der Waals surface area contributed by atoms with Crippen LogP contribution >= 0.6 is 20.0 Å². The van der Waals surface area contributed by atoms with Crippen molar-refractivity contribution >= 4 is 25.1 Å². The minimum absolute atomic E-state index is 0.310. The predicted octanol–water partition coefficient (Wildman–Crippen LogP) is 3.99. The summed E-state index contributed by atoms with van der Waals surface area (Å²) in [5, 5.41) is 6.00. The third kappa shape index (κ3) is 10.6. The Morgan fingerprint density at radius 1 is 1.00 bits per heavy atom. The molecule has 0 aromatic heterocycles. The highest BCUT2D eigenvalue weighted by atomic mass is 32.1. The van der Waals surface area contributed by atoms with Gasteiger partial charge in [0, 0.05) is 6.54 Å². The third-order valence-electron chi connectivity index (χ3n) is 2.65. The van der Waals surface area contributed by atoms with E-state index in [0.717, 1.165) is 13.0 Å². The molecule has 120 valence electrons. The Kier molecular flexibility index (Phi) is 12.5. The fourth-order valence-electron chi connectivity index (χ4n) is 1.71. The Morgan fingerprint density at radius 2 is 1.55 bits per heavy atom. The molecule has 0 saturated carbocycles. The van der Waals surface area contributed by atoms with E-state index in [2.05, 4.69) is 17.3 Å². The van der Waals surface area contributed by atoms with Crippen molar-refractivity contribution in [1.29, 1.82) is 0 Å². The summed E-state index contributed by atoms with van der Waals surface area (Å²) in [4.78, 5) is 0. The number of unbranched alkanes of at least 4 members (excludes halogenated alkanes) is 5. The van der Waals surface area contributed by atoms with Crippen LogP contribution in [-0.4, -0.2) is 24.9 Å². The summed E-state index contributed by atoms with van der Waals surface area (Å²) in [5.74, 6) is 0. The summed E-state index contributed by atoms with van der Waals surface area (Å²) in [7, 11) is -3.30. The molecule has 0 aliphatic heterocycles. The molecule has 0 saturated heterocycles. The highest BCUT2D eigenvalue weighted by Crippen LogP contribution is 2.43. The predicted molar refractivity (Wildman–Crippen MR) is 88.0 cm³/mol. The van der Waals surface area contributed by atoms with Crippen molar-refractivity contribution in [2.45, 2.75) is 59.3 Å². The Morgan fingerprint density at radius 3 is 2.10 bits per heavy atom. The highest BCUT2D eigenvalue weighted by molar-refractivity contribution is 7.81. The zero-order chi connectivity index (χ0) is 15.3. The lowest BCUT2D eigenvalue weighted by Gasteiger charge is -2.19. The van der Waals surface area contributed by atoms with Gasteiger partial charge >= 0.3 is 7.75 Å². The molecule has 2 N–H and O–H groups in total. The normalized spacial score (nSPS) is 11.3. The van der Waals surface area contributed by atoms with Crippen LogP contribution in [0.25, 0.3) is 0 Å². The van der Waals surface area contributed by atoms with Crippen molar-refractivity contribution in [3.63, 3.8) is 0 Å². The molecule has 7 heteroatoms. The van der Waals surface area contributed by atoms with E-state index in [1.165, 1.54) is 32.1 Å². The smallest absolute Gasteiger partial charge is 0.362 e. The fraction of sp³-hybridized carbons (Fsp3) is 0.923. The summed E-state index contributed by atoms with van der Waals surface area (Å²) >= 11 is 5.10. The van der Waals surface area contributed by atoms with Gasteiger partial charge in [0.05, 0.1) is 13.2 Å². The maximum atomic E-state index is 12.1. The quantitative estimate of drug-likeness (QED) is 0.321. The molecule has 20 heavy (non-hydrogen) atoms. The van der Waals surface area contributed by atoms with E-state index in [4.69, 9.17) is 21.3 Å². The van der Waals surface area contributed by atoms with Gasteiger partial charge in [-0.05, 0) is 32.5 Å². The second-order valence-electron chi connectivity index (χ2n) is 4.47. The largest absolute Gasteiger partial charge is 0.434 e. The Bertz CT molecular complexity index is 293. The molecule has 0 aromatic rings. The molecule has 0 amide bonds. The van der Waals surface area contributed by atoms with Gasteiger partial charge in [-0.1, -0.05) is 39.0 Å². The van der Waals surface area contributed by atoms with Crippen LogP contribution in [0.4, 0.5) is 0 Å². The van der Waals surface area contributed by atoms with Crippen molar-refractivity contribution in [3.05, 3.63) is 0 Å². The summed E-state index contributed by atoms with van der Waals surface area (Å²) < 4.78 is 22.4. The molecule has 0 atom stereocenters. The molecule has 5 nitrogen and oxygen atoms in total. The monoisotopic (exact) mass is 324 g/mol. The Balaban J connectivity index is 3.77. The lowest BCUT2D eigenvalue weighted by Crippen LogP contribution is -2.34. The van der Waals surface area contributed by atoms with Gasteiger partial charge in [0.25, 0.3) is 0 Å². The molecule has 0 radical (unpaired) electrons.